The highest BCUT2D eigenvalue weighted by atomic mass is 16.5. The molecule has 0 saturated heterocycles. The molecule has 1 aromatic rings. The normalized spacial score (nSPS) is 10.4. The number of aliphatic hydroxyl groups is 1. The Hall–Kier alpha value is -1.82. The zero-order chi connectivity index (χ0) is 13.5. The summed E-state index contributed by atoms with van der Waals surface area (Å²) in [7, 11) is 0. The van der Waals surface area contributed by atoms with Crippen LogP contribution in [0.15, 0.2) is 21.5 Å². The second-order valence-electron chi connectivity index (χ2n) is 4.05. The lowest BCUT2D eigenvalue weighted by Crippen LogP contribution is -2.31. The van der Waals surface area contributed by atoms with Gasteiger partial charge >= 0.3 is 0 Å². The van der Waals surface area contributed by atoms with Gasteiger partial charge in [-0.15, -0.1) is 0 Å². The summed E-state index contributed by atoms with van der Waals surface area (Å²) in [5, 5.41) is 11.5. The predicted molar refractivity (Wildman–Crippen MR) is 64.3 cm³/mol. The van der Waals surface area contributed by atoms with Gasteiger partial charge in [-0.25, -0.2) is 0 Å². The number of aliphatic hydroxyl groups excluding tert-OH is 1. The summed E-state index contributed by atoms with van der Waals surface area (Å²) in [5.74, 6) is 0.0656. The minimum atomic E-state index is -0.380. The van der Waals surface area contributed by atoms with Gasteiger partial charge in [-0.2, -0.15) is 0 Å². The molecule has 6 nitrogen and oxygen atoms in total. The molecule has 1 amide bonds. The number of hydrogen-bond acceptors (Lipinski definition) is 5. The van der Waals surface area contributed by atoms with Gasteiger partial charge in [-0.1, -0.05) is 0 Å². The highest BCUT2D eigenvalue weighted by Gasteiger charge is 2.06. The van der Waals surface area contributed by atoms with E-state index < -0.39 is 0 Å². The average Bonchev–Trinajstić information content (AvgIpc) is 2.30. The lowest BCUT2D eigenvalue weighted by Gasteiger charge is -2.08. The molecule has 1 heterocycles. The third kappa shape index (κ3) is 4.58. The highest BCUT2D eigenvalue weighted by Crippen LogP contribution is 2.06. The first-order chi connectivity index (χ1) is 8.52. The van der Waals surface area contributed by atoms with Gasteiger partial charge in [-0.05, 0) is 13.8 Å². The maximum Gasteiger partial charge on any atom is 0.227 e. The Bertz CT molecular complexity index is 452. The largest absolute Gasteiger partial charge is 0.486 e. The van der Waals surface area contributed by atoms with Crippen LogP contribution in [0.25, 0.3) is 0 Å². The fraction of sp³-hybridized carbons (Fsp3) is 0.500. The molecule has 0 aliphatic rings. The molecule has 0 saturated carbocycles. The lowest BCUT2D eigenvalue weighted by molar-refractivity contribution is -0.122. The average molecular weight is 255 g/mol. The number of carbonyl (C=O) groups excluding carboxylic acids is 1. The van der Waals surface area contributed by atoms with Crippen molar-refractivity contribution in [2.24, 2.45) is 0 Å². The number of amides is 1. The molecule has 0 spiro atoms. The third-order valence-corrected chi connectivity index (χ3v) is 2.04. The minimum Gasteiger partial charge on any atom is -0.486 e. The first kappa shape index (κ1) is 14.2. The lowest BCUT2D eigenvalue weighted by atomic mass is 10.3. The Balaban J connectivity index is 2.45. The van der Waals surface area contributed by atoms with Gasteiger partial charge in [0.15, 0.2) is 0 Å². The van der Waals surface area contributed by atoms with E-state index in [4.69, 9.17) is 14.3 Å². The molecular formula is C12H17NO5. The van der Waals surface area contributed by atoms with Crippen LogP contribution in [0.5, 0.6) is 5.75 Å². The molecule has 0 aromatic carbocycles. The van der Waals surface area contributed by atoms with Crippen LogP contribution in [0.2, 0.25) is 0 Å². The van der Waals surface area contributed by atoms with Crippen LogP contribution >= 0.6 is 0 Å². The summed E-state index contributed by atoms with van der Waals surface area (Å²) in [6.45, 7) is 3.48. The van der Waals surface area contributed by atoms with Crippen LogP contribution in [0, 0.1) is 0 Å². The van der Waals surface area contributed by atoms with Crippen LogP contribution in [-0.2, 0) is 11.4 Å². The molecule has 2 N–H and O–H groups in total. The van der Waals surface area contributed by atoms with Crippen molar-refractivity contribution >= 4 is 5.91 Å². The highest BCUT2D eigenvalue weighted by molar-refractivity contribution is 5.76. The maximum atomic E-state index is 11.5. The molecule has 0 radical (unpaired) electrons. The molecule has 18 heavy (non-hydrogen) atoms. The van der Waals surface area contributed by atoms with Gasteiger partial charge in [0.05, 0.1) is 13.0 Å². The van der Waals surface area contributed by atoms with Crippen molar-refractivity contribution in [3.8, 4) is 5.75 Å². The van der Waals surface area contributed by atoms with Crippen molar-refractivity contribution in [2.45, 2.75) is 32.9 Å². The molecule has 0 aliphatic heterocycles. The molecule has 0 aliphatic carbocycles. The van der Waals surface area contributed by atoms with Gasteiger partial charge in [-0.3, -0.25) is 9.59 Å². The predicted octanol–water partition coefficient (Wildman–Crippen LogP) is 0.426. The van der Waals surface area contributed by atoms with Crippen molar-refractivity contribution in [3.63, 3.8) is 0 Å². The van der Waals surface area contributed by atoms with Crippen molar-refractivity contribution in [3.05, 3.63) is 28.3 Å². The molecule has 100 valence electrons. The smallest absolute Gasteiger partial charge is 0.227 e. The van der Waals surface area contributed by atoms with E-state index in [-0.39, 0.29) is 48.5 Å². The van der Waals surface area contributed by atoms with E-state index in [9.17, 15) is 9.59 Å². The van der Waals surface area contributed by atoms with E-state index in [0.29, 0.717) is 0 Å². The molecule has 6 heteroatoms. The topological polar surface area (TPSA) is 88.8 Å². The van der Waals surface area contributed by atoms with Crippen LogP contribution in [0.3, 0.4) is 0 Å². The minimum absolute atomic E-state index is 0.0320. The molecule has 0 fully saturated rings. The van der Waals surface area contributed by atoms with Gasteiger partial charge in [0.1, 0.15) is 18.6 Å². The second kappa shape index (κ2) is 6.80. The fourth-order valence-electron chi connectivity index (χ4n) is 1.27. The molecule has 0 unspecified atom stereocenters. The number of ether oxygens (including phenoxy) is 1. The Morgan fingerprint density at radius 2 is 2.28 bits per heavy atom. The number of rotatable bonds is 6. The first-order valence-electron chi connectivity index (χ1n) is 5.67. The van der Waals surface area contributed by atoms with Crippen molar-refractivity contribution in [1.82, 2.24) is 5.32 Å². The third-order valence-electron chi connectivity index (χ3n) is 2.04. The zero-order valence-corrected chi connectivity index (χ0v) is 10.4. The summed E-state index contributed by atoms with van der Waals surface area (Å²) in [6, 6.07) is 1.23. The molecular weight excluding hydrogens is 238 g/mol. The Morgan fingerprint density at radius 3 is 2.83 bits per heavy atom. The van der Waals surface area contributed by atoms with Gasteiger partial charge < -0.3 is 19.6 Å². The Labute approximate surface area is 105 Å². The van der Waals surface area contributed by atoms with Gasteiger partial charge in [0.2, 0.25) is 17.1 Å². The van der Waals surface area contributed by atoms with Crippen LogP contribution in [0.4, 0.5) is 0 Å². The van der Waals surface area contributed by atoms with Crippen LogP contribution < -0.4 is 15.5 Å². The van der Waals surface area contributed by atoms with Crippen molar-refractivity contribution < 1.29 is 19.1 Å². The van der Waals surface area contributed by atoms with E-state index >= 15 is 0 Å². The molecule has 0 atom stereocenters. The van der Waals surface area contributed by atoms with Gasteiger partial charge in [0.25, 0.3) is 0 Å². The number of nitrogens with one attached hydrogen (secondary N) is 1. The van der Waals surface area contributed by atoms with Crippen molar-refractivity contribution in [1.29, 1.82) is 0 Å². The summed E-state index contributed by atoms with van der Waals surface area (Å²) in [6.07, 6.45) is 1.30. The van der Waals surface area contributed by atoms with E-state index in [2.05, 4.69) is 5.32 Å². The van der Waals surface area contributed by atoms with E-state index in [0.717, 1.165) is 12.3 Å². The molecule has 1 aromatic heterocycles. The van der Waals surface area contributed by atoms with Crippen LogP contribution in [-0.4, -0.2) is 23.7 Å². The maximum absolute atomic E-state index is 11.5. The number of hydrogen-bond donors (Lipinski definition) is 2. The number of carbonyl (C=O) groups is 1. The Kier molecular flexibility index (Phi) is 5.38. The summed E-state index contributed by atoms with van der Waals surface area (Å²) >= 11 is 0. The monoisotopic (exact) mass is 255 g/mol. The fourth-order valence-corrected chi connectivity index (χ4v) is 1.27. The van der Waals surface area contributed by atoms with E-state index in [1.54, 1.807) is 0 Å². The van der Waals surface area contributed by atoms with E-state index in [1.165, 1.54) is 0 Å². The summed E-state index contributed by atoms with van der Waals surface area (Å²) < 4.78 is 10.1. The van der Waals surface area contributed by atoms with Crippen molar-refractivity contribution in [2.75, 3.05) is 6.61 Å². The standard InChI is InChI=1S/C12H17NO5/c1-8(2)13-12(16)3-4-17-11-7-18-9(6-14)5-10(11)15/h5,7-8,14H,3-4,6H2,1-2H3,(H,13,16). The summed E-state index contributed by atoms with van der Waals surface area (Å²) in [4.78, 5) is 22.8. The van der Waals surface area contributed by atoms with Crippen LogP contribution in [0.1, 0.15) is 26.0 Å². The second-order valence-corrected chi connectivity index (χ2v) is 4.05. The first-order valence-corrected chi connectivity index (χ1v) is 5.67. The quantitative estimate of drug-likeness (QED) is 0.769. The SMILES string of the molecule is CC(C)NC(=O)CCOc1coc(CO)cc1=O. The molecule has 0 bridgehead atoms. The zero-order valence-electron chi connectivity index (χ0n) is 10.4. The van der Waals surface area contributed by atoms with E-state index in [1.807, 2.05) is 13.8 Å². The van der Waals surface area contributed by atoms with Gasteiger partial charge in [0, 0.05) is 12.1 Å². The Morgan fingerprint density at radius 1 is 1.56 bits per heavy atom. The summed E-state index contributed by atoms with van der Waals surface area (Å²) in [5.41, 5.74) is -0.380. The molecule has 1 rings (SSSR count).